The Morgan fingerprint density at radius 3 is 2.58 bits per heavy atom. The quantitative estimate of drug-likeness (QED) is 0.877. The third-order valence-corrected chi connectivity index (χ3v) is 4.99. The average Bonchev–Trinajstić information content (AvgIpc) is 2.76. The van der Waals surface area contributed by atoms with Gasteiger partial charge in [-0.2, -0.15) is 0 Å². The van der Waals surface area contributed by atoms with Gasteiger partial charge in [-0.3, -0.25) is 4.90 Å². The van der Waals surface area contributed by atoms with E-state index in [2.05, 4.69) is 30.3 Å². The van der Waals surface area contributed by atoms with Crippen molar-refractivity contribution in [2.24, 2.45) is 0 Å². The molecule has 2 N–H and O–H groups in total. The highest BCUT2D eigenvalue weighted by atomic mass is 16.3. The van der Waals surface area contributed by atoms with Gasteiger partial charge in [0.1, 0.15) is 5.75 Å². The van der Waals surface area contributed by atoms with Crippen LogP contribution in [0.15, 0.2) is 24.3 Å². The Hall–Kier alpha value is -1.06. The second-order valence-electron chi connectivity index (χ2n) is 6.20. The van der Waals surface area contributed by atoms with E-state index in [1.165, 1.54) is 31.2 Å². The minimum atomic E-state index is 0.356. The van der Waals surface area contributed by atoms with Gasteiger partial charge >= 0.3 is 0 Å². The molecule has 3 atom stereocenters. The molecule has 0 amide bonds. The fraction of sp³-hybridized carbons (Fsp3) is 0.625. The van der Waals surface area contributed by atoms with E-state index in [1.807, 2.05) is 12.1 Å². The van der Waals surface area contributed by atoms with Gasteiger partial charge < -0.3 is 10.4 Å². The number of benzene rings is 1. The molecule has 3 unspecified atom stereocenters. The molecule has 3 nitrogen and oxygen atoms in total. The third-order valence-electron chi connectivity index (χ3n) is 4.99. The van der Waals surface area contributed by atoms with E-state index >= 15 is 0 Å². The molecular weight excluding hydrogens is 236 g/mol. The fourth-order valence-electron chi connectivity index (χ4n) is 3.70. The zero-order valence-electron chi connectivity index (χ0n) is 11.8. The van der Waals surface area contributed by atoms with Crippen LogP contribution in [0, 0.1) is 0 Å². The van der Waals surface area contributed by atoms with E-state index in [0.29, 0.717) is 17.8 Å². The molecule has 2 saturated heterocycles. The number of hydrogen-bond acceptors (Lipinski definition) is 3. The molecule has 2 aliphatic rings. The van der Waals surface area contributed by atoms with Crippen LogP contribution in [0.3, 0.4) is 0 Å². The van der Waals surface area contributed by atoms with Gasteiger partial charge in [0.05, 0.1) is 0 Å². The number of nitrogens with one attached hydrogen (secondary N) is 1. The van der Waals surface area contributed by atoms with Crippen LogP contribution in [0.1, 0.15) is 44.2 Å². The zero-order valence-corrected chi connectivity index (χ0v) is 11.8. The Morgan fingerprint density at radius 2 is 1.95 bits per heavy atom. The first kappa shape index (κ1) is 12.9. The van der Waals surface area contributed by atoms with Gasteiger partial charge in [0.25, 0.3) is 0 Å². The lowest BCUT2D eigenvalue weighted by atomic mass is 9.96. The number of fused-ring (bicyclic) bond motifs is 2. The average molecular weight is 260 g/mol. The van der Waals surface area contributed by atoms with E-state index in [0.717, 1.165) is 12.1 Å². The molecule has 3 rings (SSSR count). The SMILES string of the molecule is CC(c1cccc(O)c1)N(C)C1CC2CCC(C1)N2. The van der Waals surface area contributed by atoms with Gasteiger partial charge in [-0.15, -0.1) is 0 Å². The van der Waals surface area contributed by atoms with Crippen molar-refractivity contribution < 1.29 is 5.11 Å². The Balaban J connectivity index is 1.71. The van der Waals surface area contributed by atoms with E-state index in [4.69, 9.17) is 0 Å². The van der Waals surface area contributed by atoms with Crippen molar-refractivity contribution in [2.45, 2.75) is 56.8 Å². The summed E-state index contributed by atoms with van der Waals surface area (Å²) >= 11 is 0. The number of hydrogen-bond donors (Lipinski definition) is 2. The number of nitrogens with zero attached hydrogens (tertiary/aromatic N) is 1. The molecule has 0 aromatic heterocycles. The topological polar surface area (TPSA) is 35.5 Å². The molecule has 2 aliphatic heterocycles. The predicted octanol–water partition coefficient (Wildman–Crippen LogP) is 2.67. The first-order valence-corrected chi connectivity index (χ1v) is 7.40. The molecule has 19 heavy (non-hydrogen) atoms. The maximum atomic E-state index is 9.62. The molecule has 104 valence electrons. The van der Waals surface area contributed by atoms with Crippen molar-refractivity contribution in [3.63, 3.8) is 0 Å². The molecule has 1 aromatic rings. The van der Waals surface area contributed by atoms with E-state index in [9.17, 15) is 5.11 Å². The minimum Gasteiger partial charge on any atom is -0.508 e. The largest absolute Gasteiger partial charge is 0.508 e. The van der Waals surface area contributed by atoms with Crippen LogP contribution in [0.4, 0.5) is 0 Å². The maximum Gasteiger partial charge on any atom is 0.115 e. The molecule has 1 aromatic carbocycles. The number of phenols is 1. The van der Waals surface area contributed by atoms with Gasteiger partial charge in [-0.1, -0.05) is 12.1 Å². The van der Waals surface area contributed by atoms with Crippen LogP contribution in [0.2, 0.25) is 0 Å². The summed E-state index contributed by atoms with van der Waals surface area (Å²) < 4.78 is 0. The first-order valence-electron chi connectivity index (χ1n) is 7.40. The number of piperidine rings is 1. The monoisotopic (exact) mass is 260 g/mol. The lowest BCUT2D eigenvalue weighted by molar-refractivity contribution is 0.132. The summed E-state index contributed by atoms with van der Waals surface area (Å²) in [5.74, 6) is 0.364. The van der Waals surface area contributed by atoms with Crippen molar-refractivity contribution in [2.75, 3.05) is 7.05 Å². The normalized spacial score (nSPS) is 31.6. The van der Waals surface area contributed by atoms with Crippen LogP contribution in [-0.4, -0.2) is 35.2 Å². The van der Waals surface area contributed by atoms with Gasteiger partial charge in [-0.25, -0.2) is 0 Å². The third kappa shape index (κ3) is 2.63. The van der Waals surface area contributed by atoms with Crippen LogP contribution >= 0.6 is 0 Å². The summed E-state index contributed by atoms with van der Waals surface area (Å²) in [5.41, 5.74) is 1.20. The Kier molecular flexibility index (Phi) is 3.50. The molecule has 2 fully saturated rings. The Labute approximate surface area is 115 Å². The lowest BCUT2D eigenvalue weighted by Gasteiger charge is -2.39. The van der Waals surface area contributed by atoms with Crippen molar-refractivity contribution in [1.82, 2.24) is 10.2 Å². The highest BCUT2D eigenvalue weighted by Gasteiger charge is 2.36. The second-order valence-corrected chi connectivity index (χ2v) is 6.20. The smallest absolute Gasteiger partial charge is 0.115 e. The summed E-state index contributed by atoms with van der Waals surface area (Å²) in [5, 5.41) is 13.3. The highest BCUT2D eigenvalue weighted by molar-refractivity contribution is 5.29. The zero-order chi connectivity index (χ0) is 13.4. The number of aromatic hydroxyl groups is 1. The van der Waals surface area contributed by atoms with Gasteiger partial charge in [-0.05, 0) is 57.4 Å². The summed E-state index contributed by atoms with van der Waals surface area (Å²) in [6.45, 7) is 2.23. The molecule has 3 heteroatoms. The molecule has 0 aliphatic carbocycles. The Morgan fingerprint density at radius 1 is 1.26 bits per heavy atom. The minimum absolute atomic E-state index is 0.356. The summed E-state index contributed by atoms with van der Waals surface area (Å²) in [7, 11) is 2.23. The van der Waals surface area contributed by atoms with Crippen LogP contribution in [0.5, 0.6) is 5.75 Å². The lowest BCUT2D eigenvalue weighted by Crippen LogP contribution is -2.47. The van der Waals surface area contributed by atoms with Gasteiger partial charge in [0.15, 0.2) is 0 Å². The first-order chi connectivity index (χ1) is 9.13. The molecule has 2 heterocycles. The van der Waals surface area contributed by atoms with Crippen molar-refractivity contribution in [3.8, 4) is 5.75 Å². The summed E-state index contributed by atoms with van der Waals surface area (Å²) in [6, 6.07) is 10.1. The van der Waals surface area contributed by atoms with Crippen LogP contribution in [0.25, 0.3) is 0 Å². The van der Waals surface area contributed by atoms with Crippen LogP contribution in [-0.2, 0) is 0 Å². The summed E-state index contributed by atoms with van der Waals surface area (Å²) in [4.78, 5) is 2.49. The molecule has 0 spiro atoms. The van der Waals surface area contributed by atoms with Crippen molar-refractivity contribution >= 4 is 0 Å². The highest BCUT2D eigenvalue weighted by Crippen LogP contribution is 2.33. The van der Waals surface area contributed by atoms with E-state index < -0.39 is 0 Å². The van der Waals surface area contributed by atoms with Crippen molar-refractivity contribution in [3.05, 3.63) is 29.8 Å². The standard InChI is InChI=1S/C16H24N2O/c1-11(12-4-3-5-16(19)8-12)18(2)15-9-13-6-7-14(10-15)17-13/h3-5,8,11,13-15,17,19H,6-7,9-10H2,1-2H3. The van der Waals surface area contributed by atoms with E-state index in [1.54, 1.807) is 6.07 Å². The number of phenolic OH excluding ortho intramolecular Hbond substituents is 1. The van der Waals surface area contributed by atoms with Gasteiger partial charge in [0, 0.05) is 24.2 Å². The van der Waals surface area contributed by atoms with E-state index in [-0.39, 0.29) is 0 Å². The van der Waals surface area contributed by atoms with Crippen molar-refractivity contribution in [1.29, 1.82) is 0 Å². The second kappa shape index (κ2) is 5.14. The predicted molar refractivity (Wildman–Crippen MR) is 77.3 cm³/mol. The fourth-order valence-corrected chi connectivity index (χ4v) is 3.70. The Bertz CT molecular complexity index is 436. The molecule has 2 bridgehead atoms. The molecular formula is C16H24N2O. The maximum absolute atomic E-state index is 9.62. The molecule has 0 saturated carbocycles. The molecule has 0 radical (unpaired) electrons. The number of rotatable bonds is 3. The van der Waals surface area contributed by atoms with Gasteiger partial charge in [0.2, 0.25) is 0 Å². The summed E-state index contributed by atoms with van der Waals surface area (Å²) in [6.07, 6.45) is 5.21. The van der Waals surface area contributed by atoms with Crippen LogP contribution < -0.4 is 5.32 Å².